The lowest BCUT2D eigenvalue weighted by Crippen LogP contribution is -2.21. The average molecular weight is 368 g/mol. The second-order valence-electron chi connectivity index (χ2n) is 5.58. The zero-order valence-electron chi connectivity index (χ0n) is 15.3. The number of carbonyl (C=O) groups is 1. The molecule has 0 atom stereocenters. The molecule has 0 spiro atoms. The van der Waals surface area contributed by atoms with Gasteiger partial charge in [-0.25, -0.2) is 4.98 Å². The number of amides is 1. The van der Waals surface area contributed by atoms with Gasteiger partial charge in [0.05, 0.1) is 33.4 Å². The summed E-state index contributed by atoms with van der Waals surface area (Å²) in [6.45, 7) is 0.229. The lowest BCUT2D eigenvalue weighted by atomic mass is 10.1. The molecule has 1 heterocycles. The van der Waals surface area contributed by atoms with Gasteiger partial charge in [-0.1, -0.05) is 12.1 Å². The number of benzene rings is 2. The molecule has 0 radical (unpaired) electrons. The fourth-order valence-electron chi connectivity index (χ4n) is 2.59. The molecular weight excluding hydrogens is 348 g/mol. The highest BCUT2D eigenvalue weighted by molar-refractivity contribution is 5.91. The number of oxazole rings is 1. The first kappa shape index (κ1) is 18.3. The van der Waals surface area contributed by atoms with Crippen LogP contribution in [0.25, 0.3) is 17.2 Å². The third kappa shape index (κ3) is 4.20. The first-order chi connectivity index (χ1) is 13.1. The number of nitrogens with one attached hydrogen (secondary N) is 1. The molecule has 0 saturated heterocycles. The largest absolute Gasteiger partial charge is 0.496 e. The summed E-state index contributed by atoms with van der Waals surface area (Å²) in [5, 5.41) is 2.79. The fraction of sp³-hybridized carbons (Fsp3) is 0.200. The van der Waals surface area contributed by atoms with Crippen LogP contribution in [0.15, 0.2) is 46.9 Å². The van der Waals surface area contributed by atoms with Gasteiger partial charge in [-0.05, 0) is 12.1 Å². The maximum atomic E-state index is 12.2. The fourth-order valence-corrected chi connectivity index (χ4v) is 2.59. The summed E-state index contributed by atoms with van der Waals surface area (Å²) in [6.07, 6.45) is 2.89. The van der Waals surface area contributed by atoms with Gasteiger partial charge in [0, 0.05) is 24.3 Å². The monoisotopic (exact) mass is 368 g/mol. The Hall–Kier alpha value is -3.48. The normalized spacial score (nSPS) is 10.9. The summed E-state index contributed by atoms with van der Waals surface area (Å²) < 4.78 is 21.5. The van der Waals surface area contributed by atoms with Gasteiger partial charge < -0.3 is 23.9 Å². The van der Waals surface area contributed by atoms with Gasteiger partial charge in [0.1, 0.15) is 22.8 Å². The maximum absolute atomic E-state index is 12.2. The van der Waals surface area contributed by atoms with E-state index in [0.29, 0.717) is 34.3 Å². The Morgan fingerprint density at radius 1 is 1.11 bits per heavy atom. The molecule has 0 unspecified atom stereocenters. The van der Waals surface area contributed by atoms with Crippen LogP contribution in [-0.2, 0) is 11.3 Å². The van der Waals surface area contributed by atoms with Crippen molar-refractivity contribution in [2.45, 2.75) is 6.54 Å². The smallest absolute Gasteiger partial charge is 0.244 e. The minimum absolute atomic E-state index is 0.229. The van der Waals surface area contributed by atoms with Crippen molar-refractivity contribution in [1.29, 1.82) is 0 Å². The van der Waals surface area contributed by atoms with Crippen LogP contribution >= 0.6 is 0 Å². The number of para-hydroxylation sites is 2. The number of rotatable bonds is 7. The summed E-state index contributed by atoms with van der Waals surface area (Å²) in [7, 11) is 4.66. The first-order valence-corrected chi connectivity index (χ1v) is 8.25. The Morgan fingerprint density at radius 3 is 2.44 bits per heavy atom. The van der Waals surface area contributed by atoms with Gasteiger partial charge in [-0.15, -0.1) is 0 Å². The van der Waals surface area contributed by atoms with E-state index in [0.717, 1.165) is 5.52 Å². The van der Waals surface area contributed by atoms with Crippen LogP contribution in [0.3, 0.4) is 0 Å². The summed E-state index contributed by atoms with van der Waals surface area (Å²) >= 11 is 0. The molecule has 0 fully saturated rings. The third-order valence-electron chi connectivity index (χ3n) is 3.94. The zero-order valence-corrected chi connectivity index (χ0v) is 15.3. The van der Waals surface area contributed by atoms with Gasteiger partial charge in [0.2, 0.25) is 11.8 Å². The van der Waals surface area contributed by atoms with E-state index in [1.807, 2.05) is 24.3 Å². The van der Waals surface area contributed by atoms with Crippen molar-refractivity contribution >= 4 is 23.1 Å². The van der Waals surface area contributed by atoms with E-state index in [9.17, 15) is 4.79 Å². The second-order valence-corrected chi connectivity index (χ2v) is 5.58. The second kappa shape index (κ2) is 8.27. The van der Waals surface area contributed by atoms with Gasteiger partial charge >= 0.3 is 0 Å². The first-order valence-electron chi connectivity index (χ1n) is 8.25. The number of hydrogen-bond donors (Lipinski definition) is 1. The van der Waals surface area contributed by atoms with Crippen molar-refractivity contribution in [2.24, 2.45) is 0 Å². The number of carbonyl (C=O) groups excluding carboxylic acids is 1. The van der Waals surface area contributed by atoms with Crippen molar-refractivity contribution in [3.63, 3.8) is 0 Å². The molecule has 27 heavy (non-hydrogen) atoms. The molecule has 3 rings (SSSR count). The Labute approximate surface area is 156 Å². The van der Waals surface area contributed by atoms with Crippen LogP contribution in [0.4, 0.5) is 0 Å². The molecule has 1 amide bonds. The van der Waals surface area contributed by atoms with E-state index in [4.69, 9.17) is 18.6 Å². The number of ether oxygens (including phenoxy) is 3. The van der Waals surface area contributed by atoms with Crippen LogP contribution in [0.1, 0.15) is 11.5 Å². The van der Waals surface area contributed by atoms with Gasteiger partial charge in [0.25, 0.3) is 0 Å². The number of aromatic nitrogens is 1. The molecular formula is C20H20N2O5. The van der Waals surface area contributed by atoms with Crippen LogP contribution < -0.4 is 19.5 Å². The number of fused-ring (bicyclic) bond motifs is 1. The molecule has 7 heteroatoms. The number of hydrogen-bond acceptors (Lipinski definition) is 6. The Kier molecular flexibility index (Phi) is 5.61. The van der Waals surface area contributed by atoms with Crippen LogP contribution in [0, 0.1) is 0 Å². The van der Waals surface area contributed by atoms with Crippen molar-refractivity contribution in [1.82, 2.24) is 10.3 Å². The van der Waals surface area contributed by atoms with Gasteiger partial charge in [-0.2, -0.15) is 0 Å². The lowest BCUT2D eigenvalue weighted by molar-refractivity contribution is -0.116. The Morgan fingerprint density at radius 2 is 1.81 bits per heavy atom. The highest BCUT2D eigenvalue weighted by Crippen LogP contribution is 2.33. The molecule has 140 valence electrons. The van der Waals surface area contributed by atoms with E-state index in [2.05, 4.69) is 10.3 Å². The number of nitrogens with zero attached hydrogens (tertiary/aromatic N) is 1. The van der Waals surface area contributed by atoms with Crippen molar-refractivity contribution < 1.29 is 23.4 Å². The number of methoxy groups -OCH3 is 3. The van der Waals surface area contributed by atoms with Crippen LogP contribution in [-0.4, -0.2) is 32.2 Å². The topological polar surface area (TPSA) is 82.8 Å². The molecule has 2 aromatic carbocycles. The average Bonchev–Trinajstić information content (AvgIpc) is 3.13. The van der Waals surface area contributed by atoms with E-state index < -0.39 is 0 Å². The summed E-state index contributed by atoms with van der Waals surface area (Å²) in [4.78, 5) is 16.4. The quantitative estimate of drug-likeness (QED) is 0.645. The van der Waals surface area contributed by atoms with E-state index in [1.54, 1.807) is 33.5 Å². The molecule has 3 aromatic rings. The molecule has 7 nitrogen and oxygen atoms in total. The molecule has 0 aliphatic heterocycles. The minimum atomic E-state index is -0.294. The maximum Gasteiger partial charge on any atom is 0.244 e. The Balaban J connectivity index is 1.70. The predicted molar refractivity (Wildman–Crippen MR) is 101 cm³/mol. The molecule has 1 aromatic heterocycles. The third-order valence-corrected chi connectivity index (χ3v) is 3.94. The van der Waals surface area contributed by atoms with Gasteiger partial charge in [0.15, 0.2) is 5.58 Å². The summed E-state index contributed by atoms with van der Waals surface area (Å²) in [5.41, 5.74) is 2.12. The van der Waals surface area contributed by atoms with Gasteiger partial charge in [-0.3, -0.25) is 4.79 Å². The van der Waals surface area contributed by atoms with E-state index >= 15 is 0 Å². The summed E-state index contributed by atoms with van der Waals surface area (Å²) in [5.74, 6) is 1.81. The minimum Gasteiger partial charge on any atom is -0.496 e. The highest BCUT2D eigenvalue weighted by atomic mass is 16.5. The molecule has 0 aliphatic rings. The van der Waals surface area contributed by atoms with Crippen molar-refractivity contribution in [2.75, 3.05) is 21.3 Å². The van der Waals surface area contributed by atoms with Crippen molar-refractivity contribution in [3.8, 4) is 17.2 Å². The molecule has 1 N–H and O–H groups in total. The lowest BCUT2D eigenvalue weighted by Gasteiger charge is -2.15. The molecule has 0 bridgehead atoms. The highest BCUT2D eigenvalue weighted by Gasteiger charge is 2.13. The molecule has 0 aliphatic carbocycles. The Bertz CT molecular complexity index is 919. The van der Waals surface area contributed by atoms with Crippen LogP contribution in [0.2, 0.25) is 0 Å². The SMILES string of the molecule is COc1cc(OC)c(CNC(=O)/C=C/c2nc3ccccc3o2)c(OC)c1. The predicted octanol–water partition coefficient (Wildman–Crippen LogP) is 3.18. The van der Waals surface area contributed by atoms with E-state index in [-0.39, 0.29) is 12.5 Å². The zero-order chi connectivity index (χ0) is 19.2. The standard InChI is InChI=1S/C20H20N2O5/c1-24-13-10-17(25-2)14(18(11-13)26-3)12-21-19(23)8-9-20-22-15-6-4-5-7-16(15)27-20/h4-11H,12H2,1-3H3,(H,21,23)/b9-8+. The van der Waals surface area contributed by atoms with E-state index in [1.165, 1.54) is 12.2 Å². The molecule has 0 saturated carbocycles. The summed E-state index contributed by atoms with van der Waals surface area (Å²) in [6, 6.07) is 10.9. The van der Waals surface area contributed by atoms with Crippen molar-refractivity contribution in [3.05, 3.63) is 53.9 Å². The van der Waals surface area contributed by atoms with Crippen LogP contribution in [0.5, 0.6) is 17.2 Å².